The maximum absolute atomic E-state index is 13.1. The van der Waals surface area contributed by atoms with Crippen LogP contribution in [-0.4, -0.2) is 192 Å². The highest BCUT2D eigenvalue weighted by Crippen LogP contribution is 2.39. The van der Waals surface area contributed by atoms with Crippen LogP contribution in [0, 0.1) is 0 Å². The number of hydrogen-bond acceptors (Lipinski definition) is 37. The fourth-order valence-corrected chi connectivity index (χ4v) is 8.25. The van der Waals surface area contributed by atoms with Crippen LogP contribution in [-0.2, 0) is 108 Å². The first-order valence-corrected chi connectivity index (χ1v) is 21.4. The lowest BCUT2D eigenvalue weighted by Crippen LogP contribution is -2.71. The molecule has 4 rings (SSSR count). The van der Waals surface area contributed by atoms with Crippen LogP contribution in [0.15, 0.2) is 12.7 Å². The summed E-state index contributed by atoms with van der Waals surface area (Å²) in [7, 11) is 0. The SMILES string of the molecule is C=CCO[C@@H]1OC(CO)[C@H](O)[C@H](O[C@@H]2OC(C(=O)[O-])[C@H](O[C@@H]3OC(CO)[C@H](O)[C@H](O[C@@H]4OC(C(=O)[O-])[C@H](O)[C@H](OO[O-])C4OSOO[O-])C3NC(C)=O)[C@H](OSOO[O-])C2OSOO[O-])C1NC(C)=O. The predicted octanol–water partition coefficient (Wildman–Crippen LogP) is -12.1. The molecule has 0 radical (unpaired) electrons. The summed E-state index contributed by atoms with van der Waals surface area (Å²) in [5.74, 6) is -6.20. The fraction of sp³-hybridized carbons (Fsp3) is 0.806. The normalized spacial score (nSPS) is 37.9. The molecule has 8 unspecified atom stereocenters. The number of carboxylic acids is 2. The Balaban J connectivity index is 1.83. The third-order valence-corrected chi connectivity index (χ3v) is 11.2. The number of aliphatic hydroxyl groups is 5. The Kier molecular flexibility index (Phi) is 25.8. The van der Waals surface area contributed by atoms with Crippen LogP contribution < -0.4 is 41.9 Å². The summed E-state index contributed by atoms with van der Waals surface area (Å²) in [6.45, 7) is 3.07. The Labute approximate surface area is 404 Å². The first kappa shape index (κ1) is 60.1. The van der Waals surface area contributed by atoms with Gasteiger partial charge >= 0.3 is 0 Å². The molecule has 4 heterocycles. The van der Waals surface area contributed by atoms with E-state index in [1.54, 1.807) is 0 Å². The molecule has 404 valence electrons. The number of rotatable bonds is 29. The van der Waals surface area contributed by atoms with Gasteiger partial charge < -0.3 is 115 Å². The zero-order valence-electron chi connectivity index (χ0n) is 35.3. The van der Waals surface area contributed by atoms with Crippen LogP contribution in [0.1, 0.15) is 13.8 Å². The standard InChI is InChI=1S/C31H48N2O34S3/c1-4-5-49-28-12(32-8(2)36)17(14(38)10(6-34)50-28)52-31-25(60-70-67-64-48)22(58-68-65-62-46)21(23(56-31)27(43)44)55-29-13(33-9(3)37)18(15(39)11(7-35)51-29)53-30-24(59-69-66-63-47)19(57-61-45)16(40)20(54-30)26(41)42/h4,10-25,28-31,34-35,38-40,45-48H,1,5-7H2,2-3H3,(H,32,36)(H,33,37)(H,41,42)(H,43,44)/p-6/t10?,11?,12?,13?,14-,15-,16+,17+,18+,19-,20?,21+,22-,23?,24?,25?,28+,29-,30+,31+/m0/s1. The second-order valence-electron chi connectivity index (χ2n) is 14.2. The molecule has 4 aliphatic rings. The quantitative estimate of drug-likeness (QED) is 0.0120. The predicted molar refractivity (Wildman–Crippen MR) is 193 cm³/mol. The van der Waals surface area contributed by atoms with Crippen molar-refractivity contribution >= 4 is 60.7 Å². The maximum atomic E-state index is 13.1. The first-order valence-electron chi connectivity index (χ1n) is 19.4. The van der Waals surface area contributed by atoms with Crippen molar-refractivity contribution in [3.8, 4) is 0 Å². The molecule has 0 aromatic heterocycles. The summed E-state index contributed by atoms with van der Waals surface area (Å²) in [4.78, 5) is 54.7. The average molecular weight is 1080 g/mol. The van der Waals surface area contributed by atoms with Gasteiger partial charge in [-0.2, -0.15) is 0 Å². The molecular weight excluding hydrogens is 1040 g/mol. The molecule has 39 heteroatoms. The van der Waals surface area contributed by atoms with Crippen molar-refractivity contribution in [1.29, 1.82) is 0 Å². The minimum Gasteiger partial charge on any atom is -0.692 e. The van der Waals surface area contributed by atoms with Crippen molar-refractivity contribution < 1.29 is 164 Å². The van der Waals surface area contributed by atoms with E-state index < -0.39 is 160 Å². The van der Waals surface area contributed by atoms with Gasteiger partial charge in [0.2, 0.25) is 11.8 Å². The van der Waals surface area contributed by atoms with Crippen LogP contribution in [0.25, 0.3) is 0 Å². The minimum absolute atomic E-state index is 0.247. The first-order chi connectivity index (χ1) is 33.5. The van der Waals surface area contributed by atoms with Gasteiger partial charge in [0.15, 0.2) is 80.4 Å². The lowest BCUT2D eigenvalue weighted by Gasteiger charge is -2.51. The number of ether oxygens (including phenoxy) is 8. The second-order valence-corrected chi connectivity index (χ2v) is 15.6. The van der Waals surface area contributed by atoms with E-state index in [9.17, 15) is 76.0 Å². The van der Waals surface area contributed by atoms with E-state index in [-0.39, 0.29) is 43.6 Å². The molecule has 0 saturated carbocycles. The van der Waals surface area contributed by atoms with Crippen molar-refractivity contribution in [1.82, 2.24) is 10.6 Å². The molecule has 0 bridgehead atoms. The summed E-state index contributed by atoms with van der Waals surface area (Å²) >= 11 is -0.984. The van der Waals surface area contributed by atoms with Gasteiger partial charge in [-0.25, -0.2) is 4.89 Å². The number of amides is 2. The summed E-state index contributed by atoms with van der Waals surface area (Å²) in [5, 5.41) is 140. The van der Waals surface area contributed by atoms with Crippen molar-refractivity contribution in [2.75, 3.05) is 19.8 Å². The Bertz CT molecular complexity index is 1640. The molecule has 0 aromatic rings. The van der Waals surface area contributed by atoms with E-state index in [4.69, 9.17) is 50.4 Å². The minimum atomic E-state index is -2.58. The van der Waals surface area contributed by atoms with E-state index in [1.165, 1.54) is 6.08 Å². The average Bonchev–Trinajstić information content (AvgIpc) is 3.31. The number of carbonyl (C=O) groups excluding carboxylic acids is 4. The van der Waals surface area contributed by atoms with E-state index in [2.05, 4.69) is 55.3 Å². The Morgan fingerprint density at radius 1 is 0.571 bits per heavy atom. The molecule has 0 aliphatic carbocycles. The second kappa shape index (κ2) is 30.0. The zero-order valence-corrected chi connectivity index (χ0v) is 37.7. The molecule has 36 nitrogen and oxygen atoms in total. The molecule has 20 atom stereocenters. The lowest BCUT2D eigenvalue weighted by atomic mass is 9.94. The summed E-state index contributed by atoms with van der Waals surface area (Å²) < 4.78 is 74.3. The van der Waals surface area contributed by atoms with Gasteiger partial charge in [-0.15, -0.1) is 19.6 Å². The third-order valence-electron chi connectivity index (χ3n) is 9.95. The van der Waals surface area contributed by atoms with Crippen LogP contribution in [0.2, 0.25) is 0 Å². The highest BCUT2D eigenvalue weighted by atomic mass is 32.2. The monoisotopic (exact) mass is 1080 g/mol. The molecule has 7 N–H and O–H groups in total. The fourth-order valence-electron chi connectivity index (χ4n) is 7.20. The number of hydrogen-bond donors (Lipinski definition) is 7. The van der Waals surface area contributed by atoms with Crippen LogP contribution >= 0.6 is 37.0 Å². The highest BCUT2D eigenvalue weighted by Gasteiger charge is 2.59. The molecule has 2 amide bonds. The summed E-state index contributed by atoms with van der Waals surface area (Å²) in [5.41, 5.74) is 0. The number of carboxylic acid groups (broad SMARTS) is 2. The topological polar surface area (TPSA) is 507 Å². The van der Waals surface area contributed by atoms with Crippen LogP contribution in [0.4, 0.5) is 0 Å². The van der Waals surface area contributed by atoms with Gasteiger partial charge in [0.25, 0.3) is 0 Å². The van der Waals surface area contributed by atoms with Gasteiger partial charge in [0.1, 0.15) is 79.2 Å². The van der Waals surface area contributed by atoms with Gasteiger partial charge in [0, 0.05) is 13.8 Å². The Morgan fingerprint density at radius 2 is 1.00 bits per heavy atom. The third kappa shape index (κ3) is 15.8. The van der Waals surface area contributed by atoms with Gasteiger partial charge in [-0.3, -0.25) is 42.3 Å². The molecule has 4 fully saturated rings. The van der Waals surface area contributed by atoms with Crippen LogP contribution in [0.5, 0.6) is 0 Å². The maximum Gasteiger partial charge on any atom is 0.217 e. The van der Waals surface area contributed by atoms with E-state index in [0.29, 0.717) is 0 Å². The van der Waals surface area contributed by atoms with E-state index in [1.807, 2.05) is 0 Å². The molecule has 4 saturated heterocycles. The Morgan fingerprint density at radius 3 is 1.43 bits per heavy atom. The van der Waals surface area contributed by atoms with Crippen molar-refractivity contribution in [3.05, 3.63) is 12.7 Å². The molecule has 4 aliphatic heterocycles. The van der Waals surface area contributed by atoms with Crippen molar-refractivity contribution in [3.63, 3.8) is 0 Å². The number of aliphatic hydroxyl groups excluding tert-OH is 5. The molecule has 70 heavy (non-hydrogen) atoms. The zero-order chi connectivity index (χ0) is 51.7. The summed E-state index contributed by atoms with van der Waals surface area (Å²) in [6, 6.07) is -3.60. The number of carbonyl (C=O) groups is 4. The molecule has 0 spiro atoms. The Hall–Kier alpha value is -2.45. The van der Waals surface area contributed by atoms with E-state index in [0.717, 1.165) is 13.8 Å². The van der Waals surface area contributed by atoms with E-state index >= 15 is 0 Å². The largest absolute Gasteiger partial charge is 0.692 e. The highest BCUT2D eigenvalue weighted by molar-refractivity contribution is 7.90. The van der Waals surface area contributed by atoms with Gasteiger partial charge in [0.05, 0.1) is 31.8 Å². The molecule has 0 aromatic carbocycles. The lowest BCUT2D eigenvalue weighted by molar-refractivity contribution is -0.808. The van der Waals surface area contributed by atoms with Gasteiger partial charge in [-0.05, 0) is 0 Å². The molecular formula is C31H42N2O34S3-6. The van der Waals surface area contributed by atoms with Crippen LogP contribution in [0.3, 0.4) is 0 Å². The van der Waals surface area contributed by atoms with Crippen molar-refractivity contribution in [2.45, 2.75) is 137 Å². The number of aliphatic carboxylic acids is 2. The smallest absolute Gasteiger partial charge is 0.217 e. The van der Waals surface area contributed by atoms with Crippen molar-refractivity contribution in [2.24, 2.45) is 0 Å². The number of nitrogens with one attached hydrogen (secondary N) is 2. The summed E-state index contributed by atoms with van der Waals surface area (Å²) in [6.07, 6.45) is -37.5. The van der Waals surface area contributed by atoms with Gasteiger partial charge in [-0.1, -0.05) is 6.08 Å².